The Morgan fingerprint density at radius 1 is 1.39 bits per heavy atom. The van der Waals surface area contributed by atoms with Crippen LogP contribution in [0.2, 0.25) is 0 Å². The summed E-state index contributed by atoms with van der Waals surface area (Å²) in [7, 11) is 0. The smallest absolute Gasteiger partial charge is 0.202 e. The Bertz CT molecular complexity index is 372. The van der Waals surface area contributed by atoms with Crippen LogP contribution >= 0.6 is 11.5 Å². The third-order valence-electron chi connectivity index (χ3n) is 3.66. The second-order valence-corrected chi connectivity index (χ2v) is 5.82. The molecule has 0 unspecified atom stereocenters. The fourth-order valence-corrected chi connectivity index (χ4v) is 3.29. The molecule has 18 heavy (non-hydrogen) atoms. The number of hydrogen-bond donors (Lipinski definition) is 1. The van der Waals surface area contributed by atoms with Gasteiger partial charge in [0.15, 0.2) is 5.82 Å². The molecule has 1 aliphatic rings. The van der Waals surface area contributed by atoms with Gasteiger partial charge >= 0.3 is 0 Å². The van der Waals surface area contributed by atoms with E-state index < -0.39 is 0 Å². The quantitative estimate of drug-likeness (QED) is 0.890. The van der Waals surface area contributed by atoms with E-state index >= 15 is 0 Å². The van der Waals surface area contributed by atoms with Crippen molar-refractivity contribution in [2.24, 2.45) is 5.92 Å². The molecule has 102 valence electrons. The summed E-state index contributed by atoms with van der Waals surface area (Å²) in [6, 6.07) is 0. The zero-order valence-corrected chi connectivity index (χ0v) is 12.3. The molecule has 1 heterocycles. The lowest BCUT2D eigenvalue weighted by Crippen LogP contribution is -2.35. The Morgan fingerprint density at radius 2 is 2.11 bits per heavy atom. The molecule has 5 heteroatoms. The Labute approximate surface area is 113 Å². The Balaban J connectivity index is 2.17. The highest BCUT2D eigenvalue weighted by molar-refractivity contribution is 7.09. The van der Waals surface area contributed by atoms with Crippen molar-refractivity contribution >= 4 is 16.7 Å². The summed E-state index contributed by atoms with van der Waals surface area (Å²) in [5, 5.41) is 4.13. The van der Waals surface area contributed by atoms with Gasteiger partial charge in [-0.25, -0.2) is 4.98 Å². The molecule has 0 aliphatic heterocycles. The molecule has 1 aromatic heterocycles. The van der Waals surface area contributed by atoms with Crippen molar-refractivity contribution in [1.29, 1.82) is 0 Å². The van der Waals surface area contributed by atoms with Crippen molar-refractivity contribution in [2.45, 2.75) is 52.1 Å². The molecule has 0 aromatic carbocycles. The number of rotatable bonds is 5. The molecule has 0 radical (unpaired) electrons. The molecule has 0 atom stereocenters. The fraction of sp³-hybridized carbons (Fsp3) is 0.846. The Hall–Kier alpha value is -0.680. The summed E-state index contributed by atoms with van der Waals surface area (Å²) in [5.74, 6) is 1.68. The molecule has 0 spiro atoms. The topological polar surface area (TPSA) is 47.0 Å². The van der Waals surface area contributed by atoms with Crippen LogP contribution in [0.3, 0.4) is 0 Å². The summed E-state index contributed by atoms with van der Waals surface area (Å²) < 4.78 is 10.6. The van der Waals surface area contributed by atoms with E-state index in [-0.39, 0.29) is 5.60 Å². The molecule has 1 aromatic rings. The molecule has 0 saturated heterocycles. The lowest BCUT2D eigenvalue weighted by Gasteiger charge is -2.36. The molecule has 1 N–H and O–H groups in total. The van der Waals surface area contributed by atoms with E-state index in [1.165, 1.54) is 24.4 Å². The van der Waals surface area contributed by atoms with Gasteiger partial charge in [-0.15, -0.1) is 0 Å². The first kappa shape index (κ1) is 13.7. The number of anilines is 1. The number of hydrogen-bond acceptors (Lipinski definition) is 5. The molecule has 1 saturated carbocycles. The highest BCUT2D eigenvalue weighted by Gasteiger charge is 2.40. The van der Waals surface area contributed by atoms with Gasteiger partial charge in [-0.1, -0.05) is 6.92 Å². The maximum Gasteiger partial charge on any atom is 0.202 e. The van der Waals surface area contributed by atoms with Crippen molar-refractivity contribution in [3.8, 4) is 0 Å². The van der Waals surface area contributed by atoms with Crippen molar-refractivity contribution in [2.75, 3.05) is 18.5 Å². The summed E-state index contributed by atoms with van der Waals surface area (Å²) in [5.41, 5.74) is -0.231. The van der Waals surface area contributed by atoms with E-state index in [2.05, 4.69) is 35.4 Å². The first-order valence-electron chi connectivity index (χ1n) is 6.92. The van der Waals surface area contributed by atoms with Crippen LogP contribution in [0.15, 0.2) is 0 Å². The first-order chi connectivity index (χ1) is 8.70. The van der Waals surface area contributed by atoms with Gasteiger partial charge in [-0.3, -0.25) is 0 Å². The molecular formula is C13H23N3OS. The molecule has 0 amide bonds. The van der Waals surface area contributed by atoms with Gasteiger partial charge in [0.25, 0.3) is 0 Å². The summed E-state index contributed by atoms with van der Waals surface area (Å²) in [4.78, 5) is 4.61. The summed E-state index contributed by atoms with van der Waals surface area (Å²) in [6.07, 6.45) is 4.50. The average Bonchev–Trinajstić information content (AvgIpc) is 2.82. The first-order valence-corrected chi connectivity index (χ1v) is 7.69. The largest absolute Gasteiger partial charge is 0.367 e. The predicted octanol–water partition coefficient (Wildman–Crippen LogP) is 3.41. The van der Waals surface area contributed by atoms with Crippen LogP contribution in [0.5, 0.6) is 0 Å². The highest BCUT2D eigenvalue weighted by atomic mass is 32.1. The molecule has 1 fully saturated rings. The maximum absolute atomic E-state index is 6.05. The zero-order chi connectivity index (χ0) is 13.0. The second-order valence-electron chi connectivity index (χ2n) is 5.06. The molecular weight excluding hydrogens is 246 g/mol. The monoisotopic (exact) mass is 269 g/mol. The molecule has 4 nitrogen and oxygen atoms in total. The van der Waals surface area contributed by atoms with E-state index in [9.17, 15) is 0 Å². The van der Waals surface area contributed by atoms with Gasteiger partial charge in [-0.05, 0) is 45.4 Å². The van der Waals surface area contributed by atoms with E-state index in [0.29, 0.717) is 0 Å². The SMILES string of the molecule is CCNc1nc(C2(OCC)CCC(C)CC2)ns1. The normalized spacial score (nSPS) is 28.3. The van der Waals surface area contributed by atoms with Crippen LogP contribution < -0.4 is 5.32 Å². The standard InChI is InChI=1S/C13H23N3OS/c1-4-14-12-15-11(16-18-12)13(17-5-2)8-6-10(3)7-9-13/h10H,4-9H2,1-3H3,(H,14,15,16). The second kappa shape index (κ2) is 5.97. The van der Waals surface area contributed by atoms with Crippen LogP contribution in [-0.2, 0) is 10.3 Å². The minimum atomic E-state index is -0.231. The predicted molar refractivity (Wildman–Crippen MR) is 75.0 cm³/mol. The minimum absolute atomic E-state index is 0.231. The number of aromatic nitrogens is 2. The van der Waals surface area contributed by atoms with Gasteiger partial charge in [0.05, 0.1) is 0 Å². The third kappa shape index (κ3) is 2.83. The van der Waals surface area contributed by atoms with Crippen LogP contribution in [-0.4, -0.2) is 22.5 Å². The van der Waals surface area contributed by atoms with Crippen LogP contribution in [0, 0.1) is 5.92 Å². The van der Waals surface area contributed by atoms with Crippen LogP contribution in [0.4, 0.5) is 5.13 Å². The zero-order valence-electron chi connectivity index (χ0n) is 11.5. The van der Waals surface area contributed by atoms with Crippen molar-refractivity contribution in [1.82, 2.24) is 9.36 Å². The van der Waals surface area contributed by atoms with E-state index in [1.54, 1.807) is 0 Å². The van der Waals surface area contributed by atoms with E-state index in [1.807, 2.05) is 0 Å². The lowest BCUT2D eigenvalue weighted by molar-refractivity contribution is -0.0829. The van der Waals surface area contributed by atoms with Crippen molar-refractivity contribution < 1.29 is 4.74 Å². The van der Waals surface area contributed by atoms with Gasteiger partial charge in [0, 0.05) is 24.7 Å². The molecule has 1 aliphatic carbocycles. The minimum Gasteiger partial charge on any atom is -0.367 e. The maximum atomic E-state index is 6.05. The van der Waals surface area contributed by atoms with Crippen LogP contribution in [0.1, 0.15) is 52.3 Å². The Kier molecular flexibility index (Phi) is 4.56. The number of nitrogens with zero attached hydrogens (tertiary/aromatic N) is 2. The fourth-order valence-electron chi connectivity index (χ4n) is 2.57. The number of nitrogens with one attached hydrogen (secondary N) is 1. The van der Waals surface area contributed by atoms with Crippen LogP contribution in [0.25, 0.3) is 0 Å². The van der Waals surface area contributed by atoms with Gasteiger partial charge in [-0.2, -0.15) is 4.37 Å². The van der Waals surface area contributed by atoms with E-state index in [0.717, 1.165) is 42.9 Å². The summed E-state index contributed by atoms with van der Waals surface area (Å²) in [6.45, 7) is 8.05. The molecule has 2 rings (SSSR count). The van der Waals surface area contributed by atoms with E-state index in [4.69, 9.17) is 4.74 Å². The average molecular weight is 269 g/mol. The van der Waals surface area contributed by atoms with Crippen molar-refractivity contribution in [3.05, 3.63) is 5.82 Å². The molecule has 0 bridgehead atoms. The summed E-state index contributed by atoms with van der Waals surface area (Å²) >= 11 is 1.44. The van der Waals surface area contributed by atoms with Crippen molar-refractivity contribution in [3.63, 3.8) is 0 Å². The van der Waals surface area contributed by atoms with Gasteiger partial charge in [0.1, 0.15) is 5.60 Å². The Morgan fingerprint density at radius 3 is 2.72 bits per heavy atom. The number of ether oxygens (including phenoxy) is 1. The third-order valence-corrected chi connectivity index (χ3v) is 4.34. The van der Waals surface area contributed by atoms with Gasteiger partial charge in [0.2, 0.25) is 5.13 Å². The lowest BCUT2D eigenvalue weighted by atomic mass is 9.79. The van der Waals surface area contributed by atoms with Gasteiger partial charge < -0.3 is 10.1 Å². The highest BCUT2D eigenvalue weighted by Crippen LogP contribution is 2.41.